The number of nitrogens with two attached hydrogens (primary N) is 1. The average Bonchev–Trinajstić information content (AvgIpc) is 2.82. The molecule has 0 saturated heterocycles. The lowest BCUT2D eigenvalue weighted by Crippen LogP contribution is -1.92. The molecule has 0 bridgehead atoms. The molecule has 0 radical (unpaired) electrons. The summed E-state index contributed by atoms with van der Waals surface area (Å²) in [5.41, 5.74) is 6.83. The van der Waals surface area contributed by atoms with Crippen LogP contribution in [0.25, 0.3) is 22.5 Å². The lowest BCUT2D eigenvalue weighted by Gasteiger charge is -2.04. The molecule has 0 fully saturated rings. The van der Waals surface area contributed by atoms with Gasteiger partial charge in [0.05, 0.1) is 5.56 Å². The molecule has 0 spiro atoms. The summed E-state index contributed by atoms with van der Waals surface area (Å²) in [6.45, 7) is 0. The van der Waals surface area contributed by atoms with Crippen molar-refractivity contribution in [2.75, 3.05) is 5.73 Å². The van der Waals surface area contributed by atoms with Crippen LogP contribution in [0.5, 0.6) is 0 Å². The van der Waals surface area contributed by atoms with Crippen molar-refractivity contribution in [3.8, 4) is 22.5 Å². The summed E-state index contributed by atoms with van der Waals surface area (Å²) in [5, 5.41) is 3.65. The molecule has 100 valence electrons. The molecule has 20 heavy (non-hydrogen) atoms. The second-order valence-electron chi connectivity index (χ2n) is 4.13. The van der Waals surface area contributed by atoms with Crippen molar-refractivity contribution in [3.05, 3.63) is 54.4 Å². The second-order valence-corrected chi connectivity index (χ2v) is 4.13. The highest BCUT2D eigenvalue weighted by atomic mass is 19.1. The topological polar surface area (TPSA) is 64.9 Å². The van der Waals surface area contributed by atoms with Gasteiger partial charge in [0.2, 0.25) is 0 Å². The first-order valence-corrected chi connectivity index (χ1v) is 5.78. The minimum Gasteiger partial charge on any atom is -0.380 e. The van der Waals surface area contributed by atoms with Crippen LogP contribution in [0.1, 0.15) is 0 Å². The SMILES string of the molecule is Nc1noc(-c2ccncc2)c1-c1ccc(F)cc1F. The zero-order valence-corrected chi connectivity index (χ0v) is 10.2. The van der Waals surface area contributed by atoms with E-state index < -0.39 is 11.6 Å². The molecule has 3 aromatic rings. The van der Waals surface area contributed by atoms with E-state index in [1.807, 2.05) is 0 Å². The molecule has 2 heterocycles. The first kappa shape index (κ1) is 12.3. The molecule has 0 unspecified atom stereocenters. The third-order valence-electron chi connectivity index (χ3n) is 2.86. The number of benzene rings is 1. The molecule has 0 aliphatic carbocycles. The Labute approximate surface area is 112 Å². The highest BCUT2D eigenvalue weighted by molar-refractivity contribution is 5.86. The summed E-state index contributed by atoms with van der Waals surface area (Å²) in [5.74, 6) is -1.03. The fraction of sp³-hybridized carbons (Fsp3) is 0. The number of hydrogen-bond donors (Lipinski definition) is 1. The second kappa shape index (κ2) is 4.73. The van der Waals surface area contributed by atoms with Crippen molar-refractivity contribution in [2.45, 2.75) is 0 Å². The molecule has 0 aliphatic heterocycles. The molecule has 3 rings (SSSR count). The molecule has 6 heteroatoms. The highest BCUT2D eigenvalue weighted by Crippen LogP contribution is 2.37. The predicted octanol–water partition coefficient (Wildman–Crippen LogP) is 3.26. The predicted molar refractivity (Wildman–Crippen MR) is 69.5 cm³/mol. The van der Waals surface area contributed by atoms with Gasteiger partial charge in [0.25, 0.3) is 0 Å². The smallest absolute Gasteiger partial charge is 0.177 e. The minimum atomic E-state index is -0.727. The lowest BCUT2D eigenvalue weighted by atomic mass is 10.0. The number of nitrogen functional groups attached to an aromatic ring is 1. The van der Waals surface area contributed by atoms with Gasteiger partial charge in [-0.25, -0.2) is 8.78 Å². The van der Waals surface area contributed by atoms with Gasteiger partial charge in [-0.2, -0.15) is 0 Å². The number of aromatic nitrogens is 2. The zero-order valence-electron chi connectivity index (χ0n) is 10.2. The third-order valence-corrected chi connectivity index (χ3v) is 2.86. The molecule has 2 N–H and O–H groups in total. The van der Waals surface area contributed by atoms with E-state index in [0.29, 0.717) is 16.9 Å². The first-order valence-electron chi connectivity index (χ1n) is 5.78. The van der Waals surface area contributed by atoms with Crippen LogP contribution in [0.2, 0.25) is 0 Å². The van der Waals surface area contributed by atoms with Crippen molar-refractivity contribution < 1.29 is 13.3 Å². The van der Waals surface area contributed by atoms with Crippen LogP contribution >= 0.6 is 0 Å². The molecule has 0 amide bonds. The van der Waals surface area contributed by atoms with Gasteiger partial charge < -0.3 is 10.3 Å². The van der Waals surface area contributed by atoms with E-state index in [9.17, 15) is 8.78 Å². The summed E-state index contributed by atoms with van der Waals surface area (Å²) in [6.07, 6.45) is 3.14. The van der Waals surface area contributed by atoms with Crippen LogP contribution in [-0.2, 0) is 0 Å². The van der Waals surface area contributed by atoms with Crippen molar-refractivity contribution in [1.29, 1.82) is 0 Å². The van der Waals surface area contributed by atoms with E-state index in [4.69, 9.17) is 10.3 Å². The largest absolute Gasteiger partial charge is 0.380 e. The van der Waals surface area contributed by atoms with Crippen LogP contribution in [0.3, 0.4) is 0 Å². The van der Waals surface area contributed by atoms with Gasteiger partial charge in [-0.1, -0.05) is 5.16 Å². The molecular weight excluding hydrogens is 264 g/mol. The molecule has 1 aromatic carbocycles. The normalized spacial score (nSPS) is 10.7. The Balaban J connectivity index is 2.22. The molecule has 4 nitrogen and oxygen atoms in total. The van der Waals surface area contributed by atoms with Crippen LogP contribution < -0.4 is 5.73 Å². The zero-order chi connectivity index (χ0) is 14.1. The van der Waals surface area contributed by atoms with Crippen LogP contribution in [0.15, 0.2) is 47.2 Å². The fourth-order valence-corrected chi connectivity index (χ4v) is 1.96. The Morgan fingerprint density at radius 3 is 2.50 bits per heavy atom. The number of nitrogens with zero attached hydrogens (tertiary/aromatic N) is 2. The molecule has 0 saturated carbocycles. The van der Waals surface area contributed by atoms with E-state index in [2.05, 4.69) is 10.1 Å². The lowest BCUT2D eigenvalue weighted by molar-refractivity contribution is 0.436. The van der Waals surface area contributed by atoms with Crippen molar-refractivity contribution in [2.24, 2.45) is 0 Å². The quantitative estimate of drug-likeness (QED) is 0.778. The molecule has 0 atom stereocenters. The Hall–Kier alpha value is -2.76. The third kappa shape index (κ3) is 2.01. The number of halogens is 2. The average molecular weight is 273 g/mol. The van der Waals surface area contributed by atoms with Crippen LogP contribution in [-0.4, -0.2) is 10.1 Å². The monoisotopic (exact) mass is 273 g/mol. The number of pyridine rings is 1. The van der Waals surface area contributed by atoms with Crippen LogP contribution in [0, 0.1) is 11.6 Å². The first-order chi connectivity index (χ1) is 9.66. The number of hydrogen-bond acceptors (Lipinski definition) is 4. The standard InChI is InChI=1S/C14H9F2N3O/c15-9-1-2-10(11(16)7-9)12-13(20-19-14(12)17)8-3-5-18-6-4-8/h1-7H,(H2,17,19). The minimum absolute atomic E-state index is 0.0438. The van der Waals surface area contributed by atoms with E-state index in [0.717, 1.165) is 12.1 Å². The van der Waals surface area contributed by atoms with Gasteiger partial charge in [0.1, 0.15) is 11.6 Å². The summed E-state index contributed by atoms with van der Waals surface area (Å²) in [7, 11) is 0. The van der Waals surface area contributed by atoms with Gasteiger partial charge in [-0.3, -0.25) is 4.98 Å². The maximum absolute atomic E-state index is 13.9. The van der Waals surface area contributed by atoms with Crippen molar-refractivity contribution in [1.82, 2.24) is 10.1 Å². The van der Waals surface area contributed by atoms with E-state index >= 15 is 0 Å². The molecular formula is C14H9F2N3O. The maximum Gasteiger partial charge on any atom is 0.177 e. The van der Waals surface area contributed by atoms with E-state index in [-0.39, 0.29) is 11.4 Å². The Kier molecular flexibility index (Phi) is 2.90. The van der Waals surface area contributed by atoms with Gasteiger partial charge >= 0.3 is 0 Å². The number of anilines is 1. The fourth-order valence-electron chi connectivity index (χ4n) is 1.96. The summed E-state index contributed by atoms with van der Waals surface area (Å²) in [4.78, 5) is 3.89. The van der Waals surface area contributed by atoms with Crippen LogP contribution in [0.4, 0.5) is 14.6 Å². The summed E-state index contributed by atoms with van der Waals surface area (Å²) < 4.78 is 32.1. The Morgan fingerprint density at radius 1 is 1.05 bits per heavy atom. The summed E-state index contributed by atoms with van der Waals surface area (Å²) >= 11 is 0. The highest BCUT2D eigenvalue weighted by Gasteiger charge is 2.20. The van der Waals surface area contributed by atoms with Gasteiger partial charge in [-0.05, 0) is 24.3 Å². The molecule has 0 aliphatic rings. The molecule has 2 aromatic heterocycles. The maximum atomic E-state index is 13.9. The number of rotatable bonds is 2. The van der Waals surface area contributed by atoms with Crippen molar-refractivity contribution >= 4 is 5.82 Å². The van der Waals surface area contributed by atoms with Crippen molar-refractivity contribution in [3.63, 3.8) is 0 Å². The van der Waals surface area contributed by atoms with E-state index in [1.165, 1.54) is 6.07 Å². The van der Waals surface area contributed by atoms with Gasteiger partial charge in [0, 0.05) is 29.6 Å². The Bertz CT molecular complexity index is 756. The van der Waals surface area contributed by atoms with Gasteiger partial charge in [-0.15, -0.1) is 0 Å². The van der Waals surface area contributed by atoms with E-state index in [1.54, 1.807) is 24.5 Å². The Morgan fingerprint density at radius 2 is 1.80 bits per heavy atom. The summed E-state index contributed by atoms with van der Waals surface area (Å²) in [6, 6.07) is 6.62. The van der Waals surface area contributed by atoms with Gasteiger partial charge in [0.15, 0.2) is 11.6 Å².